The smallest absolute Gasteiger partial charge is 0.0101 e. The summed E-state index contributed by atoms with van der Waals surface area (Å²) in [4.78, 5) is 0. The molecule has 0 saturated carbocycles. The summed E-state index contributed by atoms with van der Waals surface area (Å²) in [7, 11) is 0. The van der Waals surface area contributed by atoms with E-state index in [-0.39, 0.29) is 12.4 Å². The fourth-order valence-electron chi connectivity index (χ4n) is 3.30. The zero-order chi connectivity index (χ0) is 16.9. The normalized spacial score (nSPS) is 10.6. The number of unbranched alkanes of at least 4 members (excludes halogenated alkanes) is 5. The van der Waals surface area contributed by atoms with Gasteiger partial charge in [0.25, 0.3) is 0 Å². The van der Waals surface area contributed by atoms with Crippen LogP contribution in [0, 0.1) is 0 Å². The third-order valence-corrected chi connectivity index (χ3v) is 4.72. The zero-order valence-electron chi connectivity index (χ0n) is 15.6. The van der Waals surface area contributed by atoms with Crippen LogP contribution in [0.3, 0.4) is 0 Å². The summed E-state index contributed by atoms with van der Waals surface area (Å²) in [6.45, 7) is 4.52. The lowest BCUT2D eigenvalue weighted by atomic mass is 9.88. The Kier molecular flexibility index (Phi) is 12.1. The molecule has 2 heteroatoms. The maximum atomic E-state index is 3.65. The van der Waals surface area contributed by atoms with E-state index in [1.165, 1.54) is 49.7 Å². The fraction of sp³-hybridized carbons (Fsp3) is 0.478. The predicted octanol–water partition coefficient (Wildman–Crippen LogP) is 6.58. The first kappa shape index (κ1) is 21.7. The molecule has 1 nitrogen and oxygen atoms in total. The lowest BCUT2D eigenvalue weighted by Gasteiger charge is -2.18. The van der Waals surface area contributed by atoms with E-state index in [2.05, 4.69) is 72.9 Å². The average Bonchev–Trinajstić information content (AvgIpc) is 2.65. The van der Waals surface area contributed by atoms with Gasteiger partial charge in [0.2, 0.25) is 0 Å². The second-order valence-electron chi connectivity index (χ2n) is 6.68. The van der Waals surface area contributed by atoms with Crippen LogP contribution < -0.4 is 5.32 Å². The molecule has 0 aliphatic heterocycles. The van der Waals surface area contributed by atoms with Crippen molar-refractivity contribution in [2.24, 2.45) is 0 Å². The molecule has 0 bridgehead atoms. The molecular weight excluding hydrogens is 326 g/mol. The van der Waals surface area contributed by atoms with E-state index >= 15 is 0 Å². The summed E-state index contributed by atoms with van der Waals surface area (Å²) in [6.07, 6.45) is 9.36. The SMILES string of the molecule is CCCCCCCCNCCC(c1ccccc1)c1ccccc1.Cl. The molecule has 1 N–H and O–H groups in total. The number of rotatable bonds is 12. The van der Waals surface area contributed by atoms with E-state index < -0.39 is 0 Å². The van der Waals surface area contributed by atoms with E-state index in [1.54, 1.807) is 0 Å². The molecule has 0 aliphatic rings. The Balaban J connectivity index is 0.00000312. The Morgan fingerprint density at radius 1 is 0.680 bits per heavy atom. The van der Waals surface area contributed by atoms with Gasteiger partial charge >= 0.3 is 0 Å². The molecule has 0 aromatic heterocycles. The van der Waals surface area contributed by atoms with Gasteiger partial charge in [-0.05, 0) is 37.1 Å². The zero-order valence-corrected chi connectivity index (χ0v) is 16.4. The van der Waals surface area contributed by atoms with Crippen molar-refractivity contribution in [3.8, 4) is 0 Å². The number of nitrogens with one attached hydrogen (secondary N) is 1. The van der Waals surface area contributed by atoms with E-state index in [0.717, 1.165) is 19.5 Å². The van der Waals surface area contributed by atoms with E-state index in [1.807, 2.05) is 0 Å². The summed E-state index contributed by atoms with van der Waals surface area (Å²) in [5, 5.41) is 3.65. The molecule has 2 aromatic carbocycles. The van der Waals surface area contributed by atoms with Gasteiger partial charge in [0.1, 0.15) is 0 Å². The van der Waals surface area contributed by atoms with Crippen LogP contribution in [0.4, 0.5) is 0 Å². The van der Waals surface area contributed by atoms with Crippen molar-refractivity contribution in [1.82, 2.24) is 5.32 Å². The first-order valence-electron chi connectivity index (χ1n) is 9.72. The summed E-state index contributed by atoms with van der Waals surface area (Å²) in [6, 6.07) is 21.8. The molecule has 0 amide bonds. The maximum Gasteiger partial charge on any atom is 0.0101 e. The highest BCUT2D eigenvalue weighted by atomic mass is 35.5. The van der Waals surface area contributed by atoms with Crippen molar-refractivity contribution in [1.29, 1.82) is 0 Å². The number of hydrogen-bond acceptors (Lipinski definition) is 1. The predicted molar refractivity (Wildman–Crippen MR) is 113 cm³/mol. The van der Waals surface area contributed by atoms with Crippen LogP contribution in [0.2, 0.25) is 0 Å². The lowest BCUT2D eigenvalue weighted by molar-refractivity contribution is 0.555. The fourth-order valence-corrected chi connectivity index (χ4v) is 3.30. The first-order chi connectivity index (χ1) is 11.9. The third-order valence-electron chi connectivity index (χ3n) is 4.72. The van der Waals surface area contributed by atoms with Crippen LogP contribution in [0.15, 0.2) is 60.7 Å². The van der Waals surface area contributed by atoms with Gasteiger partial charge in [-0.15, -0.1) is 12.4 Å². The highest BCUT2D eigenvalue weighted by Crippen LogP contribution is 2.27. The van der Waals surface area contributed by atoms with Crippen LogP contribution >= 0.6 is 12.4 Å². The summed E-state index contributed by atoms with van der Waals surface area (Å²) in [5.41, 5.74) is 2.84. The minimum atomic E-state index is 0. The van der Waals surface area contributed by atoms with Gasteiger partial charge in [0.15, 0.2) is 0 Å². The van der Waals surface area contributed by atoms with Gasteiger partial charge in [-0.1, -0.05) is 99.7 Å². The molecule has 0 saturated heterocycles. The Hall–Kier alpha value is -1.31. The van der Waals surface area contributed by atoms with E-state index in [9.17, 15) is 0 Å². The number of hydrogen-bond donors (Lipinski definition) is 1. The number of halogens is 1. The highest BCUT2D eigenvalue weighted by molar-refractivity contribution is 5.85. The summed E-state index contributed by atoms with van der Waals surface area (Å²) in [5.74, 6) is 0.490. The van der Waals surface area contributed by atoms with Crippen molar-refractivity contribution < 1.29 is 0 Å². The van der Waals surface area contributed by atoms with Crippen molar-refractivity contribution >= 4 is 12.4 Å². The highest BCUT2D eigenvalue weighted by Gasteiger charge is 2.12. The van der Waals surface area contributed by atoms with Crippen molar-refractivity contribution in [3.63, 3.8) is 0 Å². The Labute approximate surface area is 160 Å². The van der Waals surface area contributed by atoms with Gasteiger partial charge in [-0.25, -0.2) is 0 Å². The minimum Gasteiger partial charge on any atom is -0.317 e. The molecule has 0 spiro atoms. The van der Waals surface area contributed by atoms with Crippen LogP contribution in [-0.4, -0.2) is 13.1 Å². The Bertz CT molecular complexity index is 487. The second-order valence-corrected chi connectivity index (χ2v) is 6.68. The molecule has 25 heavy (non-hydrogen) atoms. The van der Waals surface area contributed by atoms with Crippen LogP contribution in [0.25, 0.3) is 0 Å². The molecule has 0 aliphatic carbocycles. The van der Waals surface area contributed by atoms with Gasteiger partial charge in [0.05, 0.1) is 0 Å². The number of benzene rings is 2. The molecular formula is C23H34ClN. The largest absolute Gasteiger partial charge is 0.317 e. The minimum absolute atomic E-state index is 0. The quantitative estimate of drug-likeness (QED) is 0.422. The second kappa shape index (κ2) is 13.9. The Morgan fingerprint density at radius 3 is 1.76 bits per heavy atom. The average molecular weight is 360 g/mol. The van der Waals surface area contributed by atoms with Crippen molar-refractivity contribution in [3.05, 3.63) is 71.8 Å². The first-order valence-corrected chi connectivity index (χ1v) is 9.72. The Morgan fingerprint density at radius 2 is 1.20 bits per heavy atom. The van der Waals surface area contributed by atoms with Crippen LogP contribution in [0.1, 0.15) is 68.9 Å². The van der Waals surface area contributed by atoms with Crippen LogP contribution in [-0.2, 0) is 0 Å². The van der Waals surface area contributed by atoms with Crippen LogP contribution in [0.5, 0.6) is 0 Å². The van der Waals surface area contributed by atoms with E-state index in [0.29, 0.717) is 5.92 Å². The van der Waals surface area contributed by atoms with Gasteiger partial charge in [0, 0.05) is 5.92 Å². The van der Waals surface area contributed by atoms with E-state index in [4.69, 9.17) is 0 Å². The molecule has 2 aromatic rings. The standard InChI is InChI=1S/C23H33N.ClH/c1-2-3-4-5-6-13-19-24-20-18-23(21-14-9-7-10-15-21)22-16-11-8-12-17-22;/h7-12,14-17,23-24H,2-6,13,18-20H2,1H3;1H. The topological polar surface area (TPSA) is 12.0 Å². The molecule has 0 fully saturated rings. The lowest BCUT2D eigenvalue weighted by Crippen LogP contribution is -2.19. The van der Waals surface area contributed by atoms with Crippen molar-refractivity contribution in [2.75, 3.05) is 13.1 Å². The van der Waals surface area contributed by atoms with Crippen molar-refractivity contribution in [2.45, 2.75) is 57.8 Å². The maximum absolute atomic E-state index is 3.65. The molecule has 0 radical (unpaired) electrons. The van der Waals surface area contributed by atoms with Gasteiger partial charge in [-0.2, -0.15) is 0 Å². The molecule has 0 heterocycles. The monoisotopic (exact) mass is 359 g/mol. The molecule has 0 atom stereocenters. The van der Waals surface area contributed by atoms with Gasteiger partial charge < -0.3 is 5.32 Å². The molecule has 2 rings (SSSR count). The third kappa shape index (κ3) is 8.56. The molecule has 0 unspecified atom stereocenters. The molecule has 138 valence electrons. The summed E-state index contributed by atoms with van der Waals surface area (Å²) >= 11 is 0. The summed E-state index contributed by atoms with van der Waals surface area (Å²) < 4.78 is 0. The van der Waals surface area contributed by atoms with Gasteiger partial charge in [-0.3, -0.25) is 0 Å².